The van der Waals surface area contributed by atoms with Gasteiger partial charge in [-0.15, -0.1) is 0 Å². The fraction of sp³-hybridized carbons (Fsp3) is 0.900. The first kappa shape index (κ1) is 15.3. The molecule has 6 nitrogen and oxygen atoms in total. The first-order chi connectivity index (χ1) is 7.57. The summed E-state index contributed by atoms with van der Waals surface area (Å²) >= 11 is 0. The number of carbonyl (C=O) groups excluding carboxylic acids is 1. The molecule has 0 aliphatic heterocycles. The molecule has 0 spiro atoms. The Morgan fingerprint density at radius 3 is 2.69 bits per heavy atom. The summed E-state index contributed by atoms with van der Waals surface area (Å²) in [6.45, 7) is 2.74. The highest BCUT2D eigenvalue weighted by atomic mass is 16.5. The van der Waals surface area contributed by atoms with Gasteiger partial charge >= 0.3 is 0 Å². The topological polar surface area (TPSA) is 76.8 Å². The van der Waals surface area contributed by atoms with Gasteiger partial charge < -0.3 is 25.4 Å². The first-order valence-electron chi connectivity index (χ1n) is 5.32. The molecule has 0 aromatic heterocycles. The summed E-state index contributed by atoms with van der Waals surface area (Å²) in [5, 5.41) is 2.67. The van der Waals surface area contributed by atoms with E-state index in [4.69, 9.17) is 15.2 Å². The van der Waals surface area contributed by atoms with E-state index in [1.165, 1.54) is 7.11 Å². The van der Waals surface area contributed by atoms with E-state index in [0.29, 0.717) is 19.8 Å². The highest BCUT2D eigenvalue weighted by Gasteiger charge is 2.11. The van der Waals surface area contributed by atoms with Crippen LogP contribution in [-0.4, -0.2) is 71.0 Å². The lowest BCUT2D eigenvalue weighted by Gasteiger charge is -2.12. The Morgan fingerprint density at radius 1 is 1.44 bits per heavy atom. The highest BCUT2D eigenvalue weighted by molar-refractivity contribution is 5.81. The van der Waals surface area contributed by atoms with E-state index in [0.717, 1.165) is 6.54 Å². The van der Waals surface area contributed by atoms with E-state index in [-0.39, 0.29) is 12.5 Å². The number of amides is 1. The maximum atomic E-state index is 11.3. The number of hydrogen-bond acceptors (Lipinski definition) is 5. The zero-order chi connectivity index (χ0) is 12.4. The van der Waals surface area contributed by atoms with Gasteiger partial charge in [0.25, 0.3) is 0 Å². The Balaban J connectivity index is 3.34. The number of hydrogen-bond donors (Lipinski definition) is 2. The van der Waals surface area contributed by atoms with Crippen molar-refractivity contribution in [1.82, 2.24) is 10.2 Å². The van der Waals surface area contributed by atoms with E-state index in [1.54, 1.807) is 0 Å². The van der Waals surface area contributed by atoms with Crippen LogP contribution in [0.2, 0.25) is 0 Å². The van der Waals surface area contributed by atoms with E-state index in [9.17, 15) is 4.79 Å². The van der Waals surface area contributed by atoms with Crippen LogP contribution in [0.15, 0.2) is 0 Å². The summed E-state index contributed by atoms with van der Waals surface area (Å²) in [7, 11) is 5.47. The monoisotopic (exact) mass is 233 g/mol. The molecule has 1 atom stereocenters. The highest BCUT2D eigenvalue weighted by Crippen LogP contribution is 1.81. The molecule has 0 fully saturated rings. The van der Waals surface area contributed by atoms with Gasteiger partial charge in [-0.25, -0.2) is 0 Å². The van der Waals surface area contributed by atoms with Crippen molar-refractivity contribution < 1.29 is 14.3 Å². The molecule has 0 radical (unpaired) electrons. The molecule has 16 heavy (non-hydrogen) atoms. The minimum Gasteiger partial charge on any atom is -0.383 e. The molecule has 0 bridgehead atoms. The van der Waals surface area contributed by atoms with Crippen LogP contribution in [0.25, 0.3) is 0 Å². The normalized spacial score (nSPS) is 12.8. The van der Waals surface area contributed by atoms with Crippen molar-refractivity contribution in [3.8, 4) is 0 Å². The molecular weight excluding hydrogens is 210 g/mol. The summed E-state index contributed by atoms with van der Waals surface area (Å²) in [5.74, 6) is -0.210. The van der Waals surface area contributed by atoms with Gasteiger partial charge in [0.2, 0.25) is 5.91 Å². The van der Waals surface area contributed by atoms with Crippen LogP contribution in [0.4, 0.5) is 0 Å². The van der Waals surface area contributed by atoms with E-state index < -0.39 is 6.04 Å². The van der Waals surface area contributed by atoms with Crippen LogP contribution in [0, 0.1) is 0 Å². The Labute approximate surface area is 97.1 Å². The van der Waals surface area contributed by atoms with E-state index in [1.807, 2.05) is 19.0 Å². The zero-order valence-electron chi connectivity index (χ0n) is 10.4. The van der Waals surface area contributed by atoms with E-state index in [2.05, 4.69) is 5.32 Å². The third-order valence-corrected chi connectivity index (χ3v) is 1.91. The fourth-order valence-electron chi connectivity index (χ4n) is 0.982. The molecule has 0 aliphatic carbocycles. The van der Waals surface area contributed by atoms with Gasteiger partial charge in [0.15, 0.2) is 0 Å². The lowest BCUT2D eigenvalue weighted by Crippen LogP contribution is -2.44. The van der Waals surface area contributed by atoms with Gasteiger partial charge in [0.1, 0.15) is 6.04 Å². The van der Waals surface area contributed by atoms with Crippen molar-refractivity contribution in [3.05, 3.63) is 0 Å². The average Bonchev–Trinajstić information content (AvgIpc) is 2.22. The van der Waals surface area contributed by atoms with Crippen molar-refractivity contribution in [1.29, 1.82) is 0 Å². The molecule has 6 heteroatoms. The maximum absolute atomic E-state index is 11.3. The van der Waals surface area contributed by atoms with Crippen molar-refractivity contribution >= 4 is 5.91 Å². The lowest BCUT2D eigenvalue weighted by atomic mass is 10.3. The number of nitrogens with one attached hydrogen (secondary N) is 1. The smallest absolute Gasteiger partial charge is 0.239 e. The van der Waals surface area contributed by atoms with Gasteiger partial charge in [-0.1, -0.05) is 0 Å². The van der Waals surface area contributed by atoms with Crippen molar-refractivity contribution in [2.45, 2.75) is 6.04 Å². The number of nitrogens with zero attached hydrogens (tertiary/aromatic N) is 1. The van der Waals surface area contributed by atoms with Gasteiger partial charge in [0.05, 0.1) is 19.8 Å². The van der Waals surface area contributed by atoms with Crippen molar-refractivity contribution in [3.63, 3.8) is 0 Å². The standard InChI is InChI=1S/C10H23N3O3/c1-13(2)5-7-16-6-4-12-10(14)9(11)8-15-3/h9H,4-8,11H2,1-3H3,(H,12,14). The van der Waals surface area contributed by atoms with Crippen LogP contribution in [0.1, 0.15) is 0 Å². The number of ether oxygens (including phenoxy) is 2. The molecule has 0 rings (SSSR count). The fourth-order valence-corrected chi connectivity index (χ4v) is 0.982. The van der Waals surface area contributed by atoms with Gasteiger partial charge in [-0.3, -0.25) is 4.79 Å². The summed E-state index contributed by atoms with van der Waals surface area (Å²) in [6.07, 6.45) is 0. The molecular formula is C10H23N3O3. The SMILES string of the molecule is COCC(N)C(=O)NCCOCCN(C)C. The first-order valence-corrected chi connectivity index (χ1v) is 5.32. The molecule has 0 saturated heterocycles. The largest absolute Gasteiger partial charge is 0.383 e. The minimum absolute atomic E-state index is 0.210. The quantitative estimate of drug-likeness (QED) is 0.482. The van der Waals surface area contributed by atoms with Gasteiger partial charge in [-0.05, 0) is 14.1 Å². The maximum Gasteiger partial charge on any atom is 0.239 e. The second-order valence-electron chi connectivity index (χ2n) is 3.77. The second-order valence-corrected chi connectivity index (χ2v) is 3.77. The summed E-state index contributed by atoms with van der Waals surface area (Å²) in [4.78, 5) is 13.3. The van der Waals surface area contributed by atoms with Crippen LogP contribution in [0.3, 0.4) is 0 Å². The molecule has 1 unspecified atom stereocenters. The van der Waals surface area contributed by atoms with Gasteiger partial charge in [-0.2, -0.15) is 0 Å². The minimum atomic E-state index is -0.605. The summed E-state index contributed by atoms with van der Waals surface area (Å²) in [5.41, 5.74) is 5.52. The van der Waals surface area contributed by atoms with Crippen LogP contribution >= 0.6 is 0 Å². The van der Waals surface area contributed by atoms with Gasteiger partial charge in [0, 0.05) is 20.2 Å². The zero-order valence-corrected chi connectivity index (χ0v) is 10.4. The average molecular weight is 233 g/mol. The predicted molar refractivity (Wildman–Crippen MR) is 62.2 cm³/mol. The Kier molecular flexibility index (Phi) is 9.12. The van der Waals surface area contributed by atoms with Crippen molar-refractivity contribution in [2.75, 3.05) is 54.1 Å². The summed E-state index contributed by atoms with van der Waals surface area (Å²) < 4.78 is 10.1. The molecule has 1 amide bonds. The van der Waals surface area contributed by atoms with E-state index >= 15 is 0 Å². The van der Waals surface area contributed by atoms with Crippen LogP contribution in [0.5, 0.6) is 0 Å². The second kappa shape index (κ2) is 9.53. The third kappa shape index (κ3) is 8.60. The predicted octanol–water partition coefficient (Wildman–Crippen LogP) is -1.35. The van der Waals surface area contributed by atoms with Crippen LogP contribution < -0.4 is 11.1 Å². The van der Waals surface area contributed by atoms with Crippen molar-refractivity contribution in [2.24, 2.45) is 5.73 Å². The Bertz CT molecular complexity index is 188. The number of likely N-dealkylation sites (N-methyl/N-ethyl adjacent to an activating group) is 1. The molecule has 0 aliphatic rings. The lowest BCUT2D eigenvalue weighted by molar-refractivity contribution is -0.123. The number of nitrogens with two attached hydrogens (primary N) is 1. The molecule has 0 heterocycles. The molecule has 0 aromatic rings. The molecule has 0 aromatic carbocycles. The number of rotatable bonds is 9. The Hall–Kier alpha value is -0.690. The molecule has 3 N–H and O–H groups in total. The number of carbonyl (C=O) groups is 1. The van der Waals surface area contributed by atoms with Crippen LogP contribution in [-0.2, 0) is 14.3 Å². The third-order valence-electron chi connectivity index (χ3n) is 1.91. The summed E-state index contributed by atoms with van der Waals surface area (Å²) in [6, 6.07) is -0.605. The molecule has 96 valence electrons. The Morgan fingerprint density at radius 2 is 2.12 bits per heavy atom. The number of methoxy groups -OCH3 is 1. The molecule has 0 saturated carbocycles.